The number of aryl methyl sites for hydroxylation is 2. The maximum atomic E-state index is 13.7. The van der Waals surface area contributed by atoms with Gasteiger partial charge in [0.15, 0.2) is 5.16 Å². The highest BCUT2D eigenvalue weighted by molar-refractivity contribution is 7.98. The monoisotopic (exact) mass is 437 g/mol. The van der Waals surface area contributed by atoms with Crippen LogP contribution < -0.4 is 5.56 Å². The Morgan fingerprint density at radius 1 is 1.13 bits per heavy atom. The van der Waals surface area contributed by atoms with E-state index in [2.05, 4.69) is 9.97 Å². The molecule has 2 aliphatic rings. The number of imidazole rings is 1. The van der Waals surface area contributed by atoms with E-state index in [1.165, 1.54) is 36.1 Å². The van der Waals surface area contributed by atoms with E-state index in [4.69, 9.17) is 4.98 Å². The quantitative estimate of drug-likeness (QED) is 0.339. The highest BCUT2D eigenvalue weighted by atomic mass is 32.2. The molecule has 0 bridgehead atoms. The van der Waals surface area contributed by atoms with Crippen LogP contribution in [0.2, 0.25) is 0 Å². The summed E-state index contributed by atoms with van der Waals surface area (Å²) in [6.07, 6.45) is 14.8. The number of thioether (sulfide) groups is 1. The molecule has 154 valence electrons. The lowest BCUT2D eigenvalue weighted by molar-refractivity contribution is 0.457. The van der Waals surface area contributed by atoms with Gasteiger partial charge in [-0.25, -0.2) is 15.0 Å². The zero-order valence-corrected chi connectivity index (χ0v) is 18.3. The summed E-state index contributed by atoms with van der Waals surface area (Å²) < 4.78 is 3.96. The van der Waals surface area contributed by atoms with Crippen LogP contribution in [0.1, 0.15) is 60.7 Å². The normalized spacial score (nSPS) is 17.2. The average molecular weight is 438 g/mol. The van der Waals surface area contributed by atoms with E-state index in [0.717, 1.165) is 46.8 Å². The van der Waals surface area contributed by atoms with Gasteiger partial charge in [0.2, 0.25) is 5.78 Å². The van der Waals surface area contributed by atoms with Crippen LogP contribution in [0, 0.1) is 0 Å². The first-order valence-electron chi connectivity index (χ1n) is 10.8. The summed E-state index contributed by atoms with van der Waals surface area (Å²) in [4.78, 5) is 30.0. The van der Waals surface area contributed by atoms with Gasteiger partial charge in [0.1, 0.15) is 4.83 Å². The Kier molecular flexibility index (Phi) is 4.64. The van der Waals surface area contributed by atoms with Crippen LogP contribution in [0.5, 0.6) is 0 Å². The number of hydrogen-bond acceptors (Lipinski definition) is 6. The Hall–Kier alpha value is -2.19. The second-order valence-corrected chi connectivity index (χ2v) is 10.3. The average Bonchev–Trinajstić information content (AvgIpc) is 3.49. The number of rotatable bonds is 4. The molecule has 30 heavy (non-hydrogen) atoms. The second-order valence-electron chi connectivity index (χ2n) is 8.25. The lowest BCUT2D eigenvalue weighted by Crippen LogP contribution is -2.26. The fraction of sp³-hybridized carbons (Fsp3) is 0.455. The van der Waals surface area contributed by atoms with E-state index in [1.807, 2.05) is 27.4 Å². The third-order valence-electron chi connectivity index (χ3n) is 6.31. The Bertz CT molecular complexity index is 1270. The molecular formula is C22H23N5OS2. The van der Waals surface area contributed by atoms with Crippen molar-refractivity contribution >= 4 is 39.1 Å². The fourth-order valence-corrected chi connectivity index (χ4v) is 7.13. The maximum absolute atomic E-state index is 13.7. The van der Waals surface area contributed by atoms with E-state index < -0.39 is 0 Å². The summed E-state index contributed by atoms with van der Waals surface area (Å²) in [7, 11) is 0. The van der Waals surface area contributed by atoms with E-state index in [1.54, 1.807) is 29.3 Å². The van der Waals surface area contributed by atoms with Crippen LogP contribution >= 0.6 is 23.1 Å². The first-order chi connectivity index (χ1) is 14.8. The Morgan fingerprint density at radius 3 is 2.87 bits per heavy atom. The molecule has 4 aromatic heterocycles. The summed E-state index contributed by atoms with van der Waals surface area (Å²) in [5.74, 6) is 1.38. The highest BCUT2D eigenvalue weighted by Gasteiger charge is 2.27. The van der Waals surface area contributed by atoms with Gasteiger partial charge in [-0.3, -0.25) is 13.8 Å². The Morgan fingerprint density at radius 2 is 2.00 bits per heavy atom. The van der Waals surface area contributed by atoms with Gasteiger partial charge in [-0.15, -0.1) is 11.3 Å². The molecule has 0 unspecified atom stereocenters. The molecule has 0 N–H and O–H groups in total. The van der Waals surface area contributed by atoms with Gasteiger partial charge >= 0.3 is 0 Å². The first kappa shape index (κ1) is 18.6. The van der Waals surface area contributed by atoms with Crippen molar-refractivity contribution in [2.45, 2.75) is 68.3 Å². The number of thiophene rings is 1. The lowest BCUT2D eigenvalue weighted by Gasteiger charge is -2.18. The van der Waals surface area contributed by atoms with E-state index in [9.17, 15) is 4.79 Å². The number of nitrogens with zero attached hydrogens (tertiary/aromatic N) is 5. The van der Waals surface area contributed by atoms with Crippen molar-refractivity contribution in [3.8, 4) is 0 Å². The highest BCUT2D eigenvalue weighted by Crippen LogP contribution is 2.37. The van der Waals surface area contributed by atoms with Crippen molar-refractivity contribution in [1.82, 2.24) is 23.9 Å². The van der Waals surface area contributed by atoms with Gasteiger partial charge in [0, 0.05) is 35.3 Å². The number of fused-ring (bicyclic) bond motifs is 4. The molecule has 4 aromatic rings. The van der Waals surface area contributed by atoms with Crippen LogP contribution in [0.4, 0.5) is 0 Å². The number of aromatic nitrogens is 5. The van der Waals surface area contributed by atoms with Crippen molar-refractivity contribution < 1.29 is 0 Å². The Labute approximate surface area is 182 Å². The van der Waals surface area contributed by atoms with Gasteiger partial charge < -0.3 is 0 Å². The van der Waals surface area contributed by atoms with E-state index in [-0.39, 0.29) is 11.6 Å². The molecule has 1 fully saturated rings. The molecule has 6 rings (SSSR count). The van der Waals surface area contributed by atoms with Gasteiger partial charge in [0.05, 0.1) is 11.1 Å². The Balaban J connectivity index is 1.43. The lowest BCUT2D eigenvalue weighted by atomic mass is 9.97. The second kappa shape index (κ2) is 7.50. The predicted octanol–water partition coefficient (Wildman–Crippen LogP) is 4.79. The molecule has 2 aliphatic carbocycles. The zero-order valence-electron chi connectivity index (χ0n) is 16.7. The summed E-state index contributed by atoms with van der Waals surface area (Å²) in [5, 5.41) is 1.76. The zero-order chi connectivity index (χ0) is 20.1. The summed E-state index contributed by atoms with van der Waals surface area (Å²) in [6, 6.07) is 2.18. The molecule has 0 radical (unpaired) electrons. The molecule has 1 saturated carbocycles. The van der Waals surface area contributed by atoms with Crippen molar-refractivity contribution in [1.29, 1.82) is 0 Å². The van der Waals surface area contributed by atoms with Crippen molar-refractivity contribution in [2.75, 3.05) is 0 Å². The fourth-order valence-electron chi connectivity index (χ4n) is 4.87. The molecule has 0 atom stereocenters. The third-order valence-corrected chi connectivity index (χ3v) is 8.49. The minimum atomic E-state index is 0.186. The van der Waals surface area contributed by atoms with Gasteiger partial charge in [0.25, 0.3) is 5.56 Å². The molecule has 0 amide bonds. The maximum Gasteiger partial charge on any atom is 0.263 e. The summed E-state index contributed by atoms with van der Waals surface area (Å²) in [6.45, 7) is 0. The minimum Gasteiger partial charge on any atom is -0.291 e. The molecule has 0 aromatic carbocycles. The molecule has 6 nitrogen and oxygen atoms in total. The van der Waals surface area contributed by atoms with Crippen LogP contribution in [0.25, 0.3) is 16.0 Å². The first-order valence-corrected chi connectivity index (χ1v) is 12.6. The van der Waals surface area contributed by atoms with Crippen molar-refractivity contribution in [2.24, 2.45) is 0 Å². The van der Waals surface area contributed by atoms with Crippen LogP contribution in [-0.4, -0.2) is 23.9 Å². The van der Waals surface area contributed by atoms with Crippen LogP contribution in [0.3, 0.4) is 0 Å². The smallest absolute Gasteiger partial charge is 0.263 e. The van der Waals surface area contributed by atoms with Crippen LogP contribution in [0.15, 0.2) is 34.6 Å². The molecule has 8 heteroatoms. The van der Waals surface area contributed by atoms with Gasteiger partial charge in [-0.2, -0.15) is 0 Å². The summed E-state index contributed by atoms with van der Waals surface area (Å²) in [5.41, 5.74) is 2.43. The van der Waals surface area contributed by atoms with Gasteiger partial charge in [-0.1, -0.05) is 24.6 Å². The SMILES string of the molecule is O=c1c2c3c(sc2nc(SCc2cn4cccnc4n2)n1C1CCCC1)CCCC3. The molecule has 0 saturated heterocycles. The third kappa shape index (κ3) is 3.08. The molecule has 0 spiro atoms. The minimum absolute atomic E-state index is 0.186. The van der Waals surface area contributed by atoms with Crippen molar-refractivity contribution in [3.63, 3.8) is 0 Å². The molecular weight excluding hydrogens is 414 g/mol. The molecule has 4 heterocycles. The van der Waals surface area contributed by atoms with Crippen molar-refractivity contribution in [3.05, 3.63) is 51.1 Å². The van der Waals surface area contributed by atoms with E-state index in [0.29, 0.717) is 11.5 Å². The largest absolute Gasteiger partial charge is 0.291 e. The predicted molar refractivity (Wildman–Crippen MR) is 121 cm³/mol. The molecule has 0 aliphatic heterocycles. The van der Waals surface area contributed by atoms with Crippen LogP contribution in [-0.2, 0) is 18.6 Å². The van der Waals surface area contributed by atoms with E-state index >= 15 is 0 Å². The number of hydrogen-bond donors (Lipinski definition) is 0. The summed E-state index contributed by atoms with van der Waals surface area (Å²) >= 11 is 3.37. The standard InChI is InChI=1S/C22H23N5OS2/c28-20-18-16-8-3-4-9-17(16)30-19(18)25-22(27(20)15-6-1-2-7-15)29-13-14-12-26-11-5-10-23-21(26)24-14/h5,10-12,15H,1-4,6-9,13H2. The van der Waals surface area contributed by atoms with Gasteiger partial charge in [-0.05, 0) is 50.2 Å². The topological polar surface area (TPSA) is 65.1 Å².